The van der Waals surface area contributed by atoms with Gasteiger partial charge in [0.25, 0.3) is 5.91 Å². The van der Waals surface area contributed by atoms with E-state index in [4.69, 9.17) is 9.47 Å². The van der Waals surface area contributed by atoms with Crippen LogP contribution in [0.15, 0.2) is 78.9 Å². The highest BCUT2D eigenvalue weighted by molar-refractivity contribution is 5.98. The fraction of sp³-hybridized carbons (Fsp3) is 0.250. The number of aromatic nitrogens is 3. The van der Waals surface area contributed by atoms with Gasteiger partial charge in [0.1, 0.15) is 28.3 Å². The summed E-state index contributed by atoms with van der Waals surface area (Å²) in [6.45, 7) is 7.90. The summed E-state index contributed by atoms with van der Waals surface area (Å²) in [6, 6.07) is 21.4. The Hall–Kier alpha value is -5.71. The number of anilines is 2. The summed E-state index contributed by atoms with van der Waals surface area (Å²) in [7, 11) is 1.51. The normalized spacial score (nSPS) is 11.6. The number of benzene rings is 4. The lowest BCUT2D eigenvalue weighted by molar-refractivity contribution is -0.123. The van der Waals surface area contributed by atoms with Gasteiger partial charge in [-0.15, -0.1) is 10.2 Å². The maximum absolute atomic E-state index is 13.3. The number of rotatable bonds is 10. The molecule has 0 spiro atoms. The van der Waals surface area contributed by atoms with Crippen molar-refractivity contribution in [2.24, 2.45) is 0 Å². The maximum atomic E-state index is 13.3. The van der Waals surface area contributed by atoms with Gasteiger partial charge in [-0.1, -0.05) is 53.5 Å². The Bertz CT molecular complexity index is 1930. The Morgan fingerprint density at radius 3 is 2.32 bits per heavy atom. The molecule has 0 saturated heterocycles. The molecule has 5 aromatic rings. The number of hydrogen-bond acceptors (Lipinski definition) is 8. The number of phenols is 1. The molecule has 5 rings (SSSR count). The zero-order valence-corrected chi connectivity index (χ0v) is 27.0. The quantitative estimate of drug-likeness (QED) is 0.0955. The van der Waals surface area contributed by atoms with Gasteiger partial charge in [0.05, 0.1) is 11.3 Å². The second kappa shape index (κ2) is 14.2. The van der Waals surface area contributed by atoms with E-state index in [1.165, 1.54) is 30.1 Å². The second-order valence-corrected chi connectivity index (χ2v) is 11.4. The van der Waals surface area contributed by atoms with Crippen LogP contribution in [0.2, 0.25) is 0 Å². The van der Waals surface area contributed by atoms with Crippen LogP contribution in [0.5, 0.6) is 17.2 Å². The van der Waals surface area contributed by atoms with E-state index in [0.717, 1.165) is 34.3 Å². The number of unbranched alkanes of at least 4 members (excludes halogenated alkanes) is 1. The van der Waals surface area contributed by atoms with Gasteiger partial charge in [0.15, 0.2) is 6.10 Å². The molecule has 0 aliphatic rings. The number of carbonyl (C=O) groups is 3. The van der Waals surface area contributed by atoms with Crippen molar-refractivity contribution in [2.75, 3.05) is 17.3 Å². The molecular weight excluding hydrogens is 598 g/mol. The van der Waals surface area contributed by atoms with Crippen molar-refractivity contribution in [3.05, 3.63) is 101 Å². The molecule has 0 aliphatic heterocycles. The number of fused-ring (bicyclic) bond motifs is 1. The SMILES string of the molecule is CCCCC(Oc1ccc(C)cc1C)C(=O)Nc1ccc(N(C)C(=O)n2nc3ccc(C(=O)Oc4ccc(C)cc4)cc3n2)cc1O. The third-order valence-electron chi connectivity index (χ3n) is 7.64. The molecule has 1 heterocycles. The van der Waals surface area contributed by atoms with E-state index >= 15 is 0 Å². The van der Waals surface area contributed by atoms with Crippen molar-refractivity contribution in [3.8, 4) is 17.2 Å². The van der Waals surface area contributed by atoms with E-state index in [9.17, 15) is 19.5 Å². The van der Waals surface area contributed by atoms with E-state index in [0.29, 0.717) is 34.6 Å². The molecule has 2 amide bonds. The first-order valence-electron chi connectivity index (χ1n) is 15.3. The van der Waals surface area contributed by atoms with Crippen molar-refractivity contribution in [1.82, 2.24) is 15.0 Å². The molecule has 4 aromatic carbocycles. The molecule has 11 heteroatoms. The number of phenolic OH excluding ortho intramolecular Hbond substituents is 1. The minimum Gasteiger partial charge on any atom is -0.506 e. The fourth-order valence-corrected chi connectivity index (χ4v) is 4.91. The molecule has 0 saturated carbocycles. The van der Waals surface area contributed by atoms with Crippen LogP contribution in [0.25, 0.3) is 11.0 Å². The van der Waals surface area contributed by atoms with Crippen LogP contribution in [0.1, 0.15) is 53.2 Å². The van der Waals surface area contributed by atoms with Gasteiger partial charge < -0.3 is 19.9 Å². The Morgan fingerprint density at radius 1 is 0.894 bits per heavy atom. The van der Waals surface area contributed by atoms with Crippen LogP contribution >= 0.6 is 0 Å². The highest BCUT2D eigenvalue weighted by Gasteiger charge is 2.23. The number of hydrogen-bond donors (Lipinski definition) is 2. The van der Waals surface area contributed by atoms with Crippen LogP contribution in [-0.2, 0) is 4.79 Å². The molecule has 47 heavy (non-hydrogen) atoms. The lowest BCUT2D eigenvalue weighted by Gasteiger charge is -2.21. The lowest BCUT2D eigenvalue weighted by atomic mass is 10.1. The third-order valence-corrected chi connectivity index (χ3v) is 7.64. The van der Waals surface area contributed by atoms with Crippen LogP contribution in [0.4, 0.5) is 16.2 Å². The Labute approximate surface area is 272 Å². The Kier molecular flexibility index (Phi) is 9.84. The van der Waals surface area contributed by atoms with Crippen molar-refractivity contribution in [1.29, 1.82) is 0 Å². The smallest absolute Gasteiger partial charge is 0.366 e. The minimum atomic E-state index is -0.760. The first-order chi connectivity index (χ1) is 22.5. The predicted molar refractivity (Wildman–Crippen MR) is 179 cm³/mol. The average molecular weight is 636 g/mol. The number of esters is 1. The minimum absolute atomic E-state index is 0.179. The zero-order chi connectivity index (χ0) is 33.7. The van der Waals surface area contributed by atoms with Crippen molar-refractivity contribution >= 4 is 40.3 Å². The van der Waals surface area contributed by atoms with Gasteiger partial charge in [0.2, 0.25) is 0 Å². The van der Waals surface area contributed by atoms with Crippen LogP contribution < -0.4 is 19.7 Å². The second-order valence-electron chi connectivity index (χ2n) is 11.4. The number of carbonyl (C=O) groups excluding carboxylic acids is 3. The van der Waals surface area contributed by atoms with E-state index < -0.39 is 18.1 Å². The van der Waals surface area contributed by atoms with Gasteiger partial charge in [0, 0.05) is 18.8 Å². The van der Waals surface area contributed by atoms with E-state index in [-0.39, 0.29) is 22.9 Å². The monoisotopic (exact) mass is 635 g/mol. The summed E-state index contributed by atoms with van der Waals surface area (Å²) in [5.41, 5.74) is 4.57. The van der Waals surface area contributed by atoms with E-state index in [1.54, 1.807) is 30.3 Å². The maximum Gasteiger partial charge on any atom is 0.366 e. The summed E-state index contributed by atoms with van der Waals surface area (Å²) < 4.78 is 11.5. The summed E-state index contributed by atoms with van der Waals surface area (Å²) in [5, 5.41) is 22.1. The molecule has 0 aliphatic carbocycles. The molecule has 0 bridgehead atoms. The Balaban J connectivity index is 1.27. The fourth-order valence-electron chi connectivity index (χ4n) is 4.91. The third kappa shape index (κ3) is 7.75. The van der Waals surface area contributed by atoms with Crippen molar-refractivity contribution in [3.63, 3.8) is 0 Å². The summed E-state index contributed by atoms with van der Waals surface area (Å²) in [4.78, 5) is 41.4. The largest absolute Gasteiger partial charge is 0.506 e. The van der Waals surface area contributed by atoms with E-state index in [1.807, 2.05) is 58.0 Å². The van der Waals surface area contributed by atoms with Gasteiger partial charge in [-0.3, -0.25) is 9.69 Å². The molecule has 1 aromatic heterocycles. The molecule has 0 fully saturated rings. The van der Waals surface area contributed by atoms with Gasteiger partial charge in [-0.05, 0) is 87.7 Å². The molecule has 2 N–H and O–H groups in total. The van der Waals surface area contributed by atoms with Crippen LogP contribution in [0, 0.1) is 20.8 Å². The van der Waals surface area contributed by atoms with Crippen LogP contribution in [-0.4, -0.2) is 51.2 Å². The summed E-state index contributed by atoms with van der Waals surface area (Å²) in [5.74, 6) is -0.140. The van der Waals surface area contributed by atoms with Gasteiger partial charge in [-0.25, -0.2) is 9.59 Å². The van der Waals surface area contributed by atoms with Crippen LogP contribution in [0.3, 0.4) is 0 Å². The molecule has 11 nitrogen and oxygen atoms in total. The first-order valence-corrected chi connectivity index (χ1v) is 15.3. The molecule has 1 unspecified atom stereocenters. The highest BCUT2D eigenvalue weighted by Crippen LogP contribution is 2.30. The van der Waals surface area contributed by atoms with E-state index in [2.05, 4.69) is 15.5 Å². The zero-order valence-electron chi connectivity index (χ0n) is 27.0. The number of nitrogens with zero attached hydrogens (tertiary/aromatic N) is 4. The molecule has 1 atom stereocenters. The average Bonchev–Trinajstić information content (AvgIpc) is 3.49. The van der Waals surface area contributed by atoms with Gasteiger partial charge >= 0.3 is 12.0 Å². The van der Waals surface area contributed by atoms with Gasteiger partial charge in [-0.2, -0.15) is 0 Å². The first kappa shape index (κ1) is 32.7. The Morgan fingerprint density at radius 2 is 1.62 bits per heavy atom. The standard InChI is InChI=1S/C36H37N5O6/c1-6-7-8-33(47-32-18-11-23(3)19-24(32)4)34(43)37-29-17-13-26(21-31(29)42)40(5)36(45)41-38-28-16-12-25(20-30(28)39-41)35(44)46-27-14-9-22(2)10-15-27/h9-21,33,42H,6-8H2,1-5H3,(H,37,43). The topological polar surface area (TPSA) is 136 Å². The van der Waals surface area contributed by atoms with Crippen molar-refractivity contribution in [2.45, 2.75) is 53.1 Å². The highest BCUT2D eigenvalue weighted by atomic mass is 16.5. The lowest BCUT2D eigenvalue weighted by Crippen LogP contribution is -2.33. The number of nitrogens with one attached hydrogen (secondary N) is 1. The number of aromatic hydroxyl groups is 1. The number of ether oxygens (including phenoxy) is 2. The summed E-state index contributed by atoms with van der Waals surface area (Å²) >= 11 is 0. The summed E-state index contributed by atoms with van der Waals surface area (Å²) in [6.07, 6.45) is 1.43. The van der Waals surface area contributed by atoms with Crippen molar-refractivity contribution < 1.29 is 29.0 Å². The number of amides is 2. The predicted octanol–water partition coefficient (Wildman–Crippen LogP) is 6.96. The molecular formula is C36H37N5O6. The molecule has 242 valence electrons. The number of aryl methyl sites for hydroxylation is 3. The molecule has 0 radical (unpaired) electrons.